The molecule has 0 radical (unpaired) electrons. The van der Waals surface area contributed by atoms with E-state index in [9.17, 15) is 5.11 Å². The maximum Gasteiger partial charge on any atom is 0.230 e. The quantitative estimate of drug-likeness (QED) is 0.799. The van der Waals surface area contributed by atoms with Crippen LogP contribution in [0.2, 0.25) is 0 Å². The van der Waals surface area contributed by atoms with Crippen molar-refractivity contribution < 1.29 is 5.11 Å². The van der Waals surface area contributed by atoms with Crippen LogP contribution < -0.4 is 0 Å². The summed E-state index contributed by atoms with van der Waals surface area (Å²) in [6.45, 7) is 4.29. The zero-order valence-electron chi connectivity index (χ0n) is 13.1. The lowest BCUT2D eigenvalue weighted by Gasteiger charge is -2.27. The molecule has 2 aromatic heterocycles. The first-order valence-corrected chi connectivity index (χ1v) is 8.94. The fourth-order valence-corrected chi connectivity index (χ4v) is 4.43. The van der Waals surface area contributed by atoms with Crippen LogP contribution in [0.1, 0.15) is 41.8 Å². The standard InChI is InChI=1S/C17H20N4OS/c1-2-12-5-7-13(8-6-12)14(20-9-3-4-10-20)15-16(22)21-17(23-15)18-11-19-21/h5-8,11,14,22H,2-4,9-10H2,1H3. The first kappa shape index (κ1) is 14.7. The smallest absolute Gasteiger partial charge is 0.230 e. The van der Waals surface area contributed by atoms with Crippen molar-refractivity contribution in [3.63, 3.8) is 0 Å². The third kappa shape index (κ3) is 2.52. The van der Waals surface area contributed by atoms with Crippen molar-refractivity contribution in [3.8, 4) is 5.88 Å². The molecular formula is C17H20N4OS. The van der Waals surface area contributed by atoms with Gasteiger partial charge in [-0.2, -0.15) is 9.61 Å². The molecule has 3 heterocycles. The maximum absolute atomic E-state index is 10.6. The molecule has 0 bridgehead atoms. The highest BCUT2D eigenvalue weighted by Gasteiger charge is 2.30. The summed E-state index contributed by atoms with van der Waals surface area (Å²) in [4.78, 5) is 8.35. The molecule has 1 fully saturated rings. The van der Waals surface area contributed by atoms with E-state index in [1.54, 1.807) is 0 Å². The van der Waals surface area contributed by atoms with Crippen LogP contribution in [0.5, 0.6) is 5.88 Å². The number of aryl methyl sites for hydroxylation is 1. The van der Waals surface area contributed by atoms with Crippen molar-refractivity contribution in [2.75, 3.05) is 13.1 Å². The summed E-state index contributed by atoms with van der Waals surface area (Å²) >= 11 is 1.53. The number of hydrogen-bond acceptors (Lipinski definition) is 5. The Morgan fingerprint density at radius 3 is 2.61 bits per heavy atom. The summed E-state index contributed by atoms with van der Waals surface area (Å²) in [5.74, 6) is 0.221. The lowest BCUT2D eigenvalue weighted by atomic mass is 10.0. The van der Waals surface area contributed by atoms with Gasteiger partial charge in [-0.05, 0) is 43.5 Å². The second-order valence-corrected chi connectivity index (χ2v) is 6.99. The van der Waals surface area contributed by atoms with E-state index in [1.165, 1.54) is 46.1 Å². The van der Waals surface area contributed by atoms with Crippen LogP contribution in [0, 0.1) is 0 Å². The Balaban J connectivity index is 1.80. The lowest BCUT2D eigenvalue weighted by molar-refractivity contribution is 0.277. The Hall–Kier alpha value is -1.92. The molecule has 1 unspecified atom stereocenters. The molecule has 0 spiro atoms. The highest BCUT2D eigenvalue weighted by atomic mass is 32.1. The van der Waals surface area contributed by atoms with Gasteiger partial charge in [0.1, 0.15) is 6.33 Å². The molecule has 0 aliphatic carbocycles. The topological polar surface area (TPSA) is 53.7 Å². The minimum atomic E-state index is 0.0805. The molecule has 1 atom stereocenters. The van der Waals surface area contributed by atoms with Gasteiger partial charge in [0.2, 0.25) is 10.8 Å². The number of aromatic hydroxyl groups is 1. The number of nitrogens with zero attached hydrogens (tertiary/aromatic N) is 4. The molecule has 23 heavy (non-hydrogen) atoms. The summed E-state index contributed by atoms with van der Waals surface area (Å²) in [6.07, 6.45) is 4.95. The van der Waals surface area contributed by atoms with Gasteiger partial charge >= 0.3 is 0 Å². The van der Waals surface area contributed by atoms with Gasteiger partial charge in [-0.3, -0.25) is 4.90 Å². The molecule has 120 valence electrons. The molecule has 6 heteroatoms. The summed E-state index contributed by atoms with van der Waals surface area (Å²) in [5.41, 5.74) is 2.56. The summed E-state index contributed by atoms with van der Waals surface area (Å²) in [5, 5.41) is 14.7. The lowest BCUT2D eigenvalue weighted by Crippen LogP contribution is -2.26. The Bertz CT molecular complexity index is 802. The number of aromatic nitrogens is 3. The van der Waals surface area contributed by atoms with Gasteiger partial charge in [-0.15, -0.1) is 0 Å². The molecule has 1 saturated heterocycles. The average Bonchev–Trinajstić information content (AvgIpc) is 3.30. The zero-order valence-corrected chi connectivity index (χ0v) is 14.0. The summed E-state index contributed by atoms with van der Waals surface area (Å²) < 4.78 is 1.53. The molecule has 0 amide bonds. The predicted octanol–water partition coefficient (Wildman–Crippen LogP) is 3.24. The van der Waals surface area contributed by atoms with Crippen molar-refractivity contribution in [1.29, 1.82) is 0 Å². The van der Waals surface area contributed by atoms with Crippen molar-refractivity contribution in [1.82, 2.24) is 19.5 Å². The van der Waals surface area contributed by atoms with Gasteiger partial charge in [-0.1, -0.05) is 42.5 Å². The van der Waals surface area contributed by atoms with Crippen molar-refractivity contribution in [2.24, 2.45) is 0 Å². The van der Waals surface area contributed by atoms with Gasteiger partial charge in [0.25, 0.3) is 0 Å². The van der Waals surface area contributed by atoms with E-state index < -0.39 is 0 Å². The molecule has 3 aromatic rings. The van der Waals surface area contributed by atoms with Crippen LogP contribution in [0.15, 0.2) is 30.6 Å². The molecule has 0 saturated carbocycles. The number of hydrogen-bond donors (Lipinski definition) is 1. The monoisotopic (exact) mass is 328 g/mol. The normalized spacial score (nSPS) is 17.1. The minimum absolute atomic E-state index is 0.0805. The molecule has 5 nitrogen and oxygen atoms in total. The molecule has 4 rings (SSSR count). The minimum Gasteiger partial charge on any atom is -0.492 e. The maximum atomic E-state index is 10.6. The molecule has 1 aromatic carbocycles. The van der Waals surface area contributed by atoms with Gasteiger partial charge in [0.15, 0.2) is 0 Å². The number of thiazole rings is 1. The number of fused-ring (bicyclic) bond motifs is 1. The second-order valence-electron chi connectivity index (χ2n) is 5.99. The average molecular weight is 328 g/mol. The Morgan fingerprint density at radius 2 is 1.96 bits per heavy atom. The SMILES string of the molecule is CCc1ccc(C(c2sc3ncnn3c2O)N2CCCC2)cc1. The van der Waals surface area contributed by atoms with E-state index in [2.05, 4.69) is 46.2 Å². The number of rotatable bonds is 4. The number of likely N-dealkylation sites (tertiary alicyclic amines) is 1. The van der Waals surface area contributed by atoms with Gasteiger partial charge < -0.3 is 5.11 Å². The Kier molecular flexibility index (Phi) is 3.79. The van der Waals surface area contributed by atoms with E-state index in [4.69, 9.17) is 0 Å². The largest absolute Gasteiger partial charge is 0.492 e. The van der Waals surface area contributed by atoms with Gasteiger partial charge in [0.05, 0.1) is 10.9 Å². The van der Waals surface area contributed by atoms with E-state index >= 15 is 0 Å². The first-order chi connectivity index (χ1) is 11.3. The van der Waals surface area contributed by atoms with Gasteiger partial charge in [0, 0.05) is 0 Å². The van der Waals surface area contributed by atoms with E-state index in [0.29, 0.717) is 0 Å². The molecule has 1 aliphatic heterocycles. The van der Waals surface area contributed by atoms with Crippen molar-refractivity contribution >= 4 is 16.3 Å². The first-order valence-electron chi connectivity index (χ1n) is 8.12. The highest BCUT2D eigenvalue weighted by molar-refractivity contribution is 7.17. The van der Waals surface area contributed by atoms with Crippen LogP contribution in [0.25, 0.3) is 4.96 Å². The van der Waals surface area contributed by atoms with Crippen LogP contribution >= 0.6 is 11.3 Å². The van der Waals surface area contributed by atoms with E-state index in [1.807, 2.05) is 0 Å². The fraction of sp³-hybridized carbons (Fsp3) is 0.412. The summed E-state index contributed by atoms with van der Waals surface area (Å²) in [6, 6.07) is 8.84. The third-order valence-corrected chi connectivity index (χ3v) is 5.68. The molecule has 1 aliphatic rings. The van der Waals surface area contributed by atoms with E-state index in [0.717, 1.165) is 29.3 Å². The fourth-order valence-electron chi connectivity index (χ4n) is 3.34. The van der Waals surface area contributed by atoms with Crippen LogP contribution in [0.4, 0.5) is 0 Å². The zero-order chi connectivity index (χ0) is 15.8. The van der Waals surface area contributed by atoms with Crippen molar-refractivity contribution in [2.45, 2.75) is 32.2 Å². The Morgan fingerprint density at radius 1 is 1.22 bits per heavy atom. The highest BCUT2D eigenvalue weighted by Crippen LogP contribution is 2.40. The second kappa shape index (κ2) is 5.94. The predicted molar refractivity (Wildman–Crippen MR) is 91.0 cm³/mol. The summed E-state index contributed by atoms with van der Waals surface area (Å²) in [7, 11) is 0. The van der Waals surface area contributed by atoms with Gasteiger partial charge in [-0.25, -0.2) is 4.98 Å². The molecule has 1 N–H and O–H groups in total. The van der Waals surface area contributed by atoms with E-state index in [-0.39, 0.29) is 11.9 Å². The van der Waals surface area contributed by atoms with Crippen LogP contribution in [-0.4, -0.2) is 37.7 Å². The van der Waals surface area contributed by atoms with Crippen molar-refractivity contribution in [3.05, 3.63) is 46.6 Å². The van der Waals surface area contributed by atoms with Crippen LogP contribution in [0.3, 0.4) is 0 Å². The Labute approximate surface area is 139 Å². The van der Waals surface area contributed by atoms with Crippen LogP contribution in [-0.2, 0) is 6.42 Å². The molecular weight excluding hydrogens is 308 g/mol. The number of benzene rings is 1. The third-order valence-electron chi connectivity index (χ3n) is 4.60.